The minimum atomic E-state index is -4.43. The van der Waals surface area contributed by atoms with Gasteiger partial charge >= 0.3 is 6.18 Å². The van der Waals surface area contributed by atoms with Crippen LogP contribution in [-0.2, 0) is 0 Å². The Labute approximate surface area is 75.5 Å². The summed E-state index contributed by atoms with van der Waals surface area (Å²) in [5, 5.41) is 1.97. The number of halogens is 3. The first-order chi connectivity index (χ1) is 5.88. The molecule has 0 amide bonds. The molecule has 0 bridgehead atoms. The third-order valence-corrected chi connectivity index (χ3v) is 1.12. The number of rotatable bonds is 3. The van der Waals surface area contributed by atoms with E-state index in [0.717, 1.165) is 6.20 Å². The van der Waals surface area contributed by atoms with Gasteiger partial charge in [-0.25, -0.2) is 0 Å². The maximum atomic E-state index is 12.1. The minimum Gasteiger partial charge on any atom is -0.343 e. The molecule has 0 heterocycles. The summed E-state index contributed by atoms with van der Waals surface area (Å²) in [4.78, 5) is 3.39. The maximum absolute atomic E-state index is 12.1. The SMILES string of the molecule is C=CNC(=NCC(C)C)C(F)(F)F. The van der Waals surface area contributed by atoms with Crippen molar-refractivity contribution in [3.63, 3.8) is 0 Å². The molecule has 1 N–H and O–H groups in total. The summed E-state index contributed by atoms with van der Waals surface area (Å²) in [7, 11) is 0. The fourth-order valence-corrected chi connectivity index (χ4v) is 0.588. The standard InChI is InChI=1S/C8H13F3N2/c1-4-12-7(8(9,10)11)13-5-6(2)3/h4,6H,1,5H2,2-3H3,(H,12,13). The Morgan fingerprint density at radius 1 is 1.54 bits per heavy atom. The van der Waals surface area contributed by atoms with Gasteiger partial charge in [0.25, 0.3) is 0 Å². The smallest absolute Gasteiger partial charge is 0.343 e. The number of nitrogens with one attached hydrogen (secondary N) is 1. The number of alkyl halides is 3. The van der Waals surface area contributed by atoms with Gasteiger partial charge in [0, 0.05) is 6.54 Å². The van der Waals surface area contributed by atoms with E-state index in [1.165, 1.54) is 0 Å². The van der Waals surface area contributed by atoms with Gasteiger partial charge in [0.2, 0.25) is 5.84 Å². The van der Waals surface area contributed by atoms with E-state index < -0.39 is 12.0 Å². The predicted octanol–water partition coefficient (Wildman–Crippen LogP) is 2.34. The van der Waals surface area contributed by atoms with Crippen molar-refractivity contribution in [2.24, 2.45) is 10.9 Å². The quantitative estimate of drug-likeness (QED) is 0.541. The number of amidine groups is 1. The molecular formula is C8H13F3N2. The Morgan fingerprint density at radius 3 is 2.38 bits per heavy atom. The molecule has 0 saturated heterocycles. The fourth-order valence-electron chi connectivity index (χ4n) is 0.588. The number of hydrogen-bond acceptors (Lipinski definition) is 1. The molecule has 0 aliphatic rings. The molecule has 0 aromatic rings. The summed E-state index contributed by atoms with van der Waals surface area (Å²) in [6.07, 6.45) is -3.46. The molecule has 2 nitrogen and oxygen atoms in total. The van der Waals surface area contributed by atoms with Crippen LogP contribution in [0.1, 0.15) is 13.8 Å². The Hall–Kier alpha value is -1.00. The van der Waals surface area contributed by atoms with Crippen LogP contribution in [0.5, 0.6) is 0 Å². The molecule has 0 spiro atoms. The summed E-state index contributed by atoms with van der Waals surface area (Å²) < 4.78 is 36.3. The molecule has 0 rings (SSSR count). The van der Waals surface area contributed by atoms with Crippen molar-refractivity contribution in [3.8, 4) is 0 Å². The normalized spacial score (nSPS) is 13.2. The van der Waals surface area contributed by atoms with Crippen molar-refractivity contribution >= 4 is 5.84 Å². The van der Waals surface area contributed by atoms with Gasteiger partial charge in [-0.3, -0.25) is 4.99 Å². The van der Waals surface area contributed by atoms with Gasteiger partial charge in [-0.1, -0.05) is 20.4 Å². The highest BCUT2D eigenvalue weighted by Gasteiger charge is 2.35. The van der Waals surface area contributed by atoms with Crippen LogP contribution in [0, 0.1) is 5.92 Å². The summed E-state index contributed by atoms with van der Waals surface area (Å²) in [5.41, 5.74) is 0. The van der Waals surface area contributed by atoms with Crippen LogP contribution < -0.4 is 5.32 Å². The molecule has 13 heavy (non-hydrogen) atoms. The van der Waals surface area contributed by atoms with Crippen molar-refractivity contribution < 1.29 is 13.2 Å². The van der Waals surface area contributed by atoms with Crippen molar-refractivity contribution in [1.82, 2.24) is 5.32 Å². The lowest BCUT2D eigenvalue weighted by Crippen LogP contribution is -2.34. The van der Waals surface area contributed by atoms with Crippen LogP contribution in [0.3, 0.4) is 0 Å². The fraction of sp³-hybridized carbons (Fsp3) is 0.625. The average molecular weight is 194 g/mol. The van der Waals surface area contributed by atoms with Gasteiger partial charge in [0.1, 0.15) is 0 Å². The van der Waals surface area contributed by atoms with E-state index in [1.807, 2.05) is 5.32 Å². The molecule has 0 aliphatic heterocycles. The summed E-state index contributed by atoms with van der Waals surface area (Å²) >= 11 is 0. The Bertz CT molecular complexity index is 194. The van der Waals surface area contributed by atoms with E-state index >= 15 is 0 Å². The zero-order valence-corrected chi connectivity index (χ0v) is 7.65. The van der Waals surface area contributed by atoms with E-state index in [9.17, 15) is 13.2 Å². The molecule has 0 saturated carbocycles. The highest BCUT2D eigenvalue weighted by molar-refractivity contribution is 5.88. The molecule has 0 unspecified atom stereocenters. The zero-order valence-electron chi connectivity index (χ0n) is 7.65. The zero-order chi connectivity index (χ0) is 10.5. The van der Waals surface area contributed by atoms with Gasteiger partial charge in [-0.05, 0) is 12.1 Å². The second kappa shape index (κ2) is 4.89. The van der Waals surface area contributed by atoms with Crippen molar-refractivity contribution in [2.75, 3.05) is 6.54 Å². The first-order valence-electron chi connectivity index (χ1n) is 3.87. The molecule has 0 radical (unpaired) electrons. The Balaban J connectivity index is 4.41. The monoisotopic (exact) mass is 194 g/mol. The van der Waals surface area contributed by atoms with Crippen LogP contribution >= 0.6 is 0 Å². The molecule has 5 heteroatoms. The lowest BCUT2D eigenvalue weighted by Gasteiger charge is -2.10. The van der Waals surface area contributed by atoms with E-state index in [-0.39, 0.29) is 12.5 Å². The van der Waals surface area contributed by atoms with E-state index in [0.29, 0.717) is 0 Å². The van der Waals surface area contributed by atoms with Gasteiger partial charge < -0.3 is 5.32 Å². The van der Waals surface area contributed by atoms with Crippen LogP contribution in [0.4, 0.5) is 13.2 Å². The number of nitrogens with zero attached hydrogens (tertiary/aromatic N) is 1. The van der Waals surface area contributed by atoms with Gasteiger partial charge in [-0.2, -0.15) is 13.2 Å². The highest BCUT2D eigenvalue weighted by atomic mass is 19.4. The van der Waals surface area contributed by atoms with Crippen molar-refractivity contribution in [3.05, 3.63) is 12.8 Å². The van der Waals surface area contributed by atoms with Gasteiger partial charge in [0.15, 0.2) is 0 Å². The predicted molar refractivity (Wildman–Crippen MR) is 46.5 cm³/mol. The van der Waals surface area contributed by atoms with Crippen LogP contribution in [0.2, 0.25) is 0 Å². The van der Waals surface area contributed by atoms with Gasteiger partial charge in [0.05, 0.1) is 0 Å². The molecule has 0 aliphatic carbocycles. The largest absolute Gasteiger partial charge is 0.449 e. The number of hydrogen-bond donors (Lipinski definition) is 1. The van der Waals surface area contributed by atoms with E-state index in [1.54, 1.807) is 13.8 Å². The molecular weight excluding hydrogens is 181 g/mol. The first-order valence-corrected chi connectivity index (χ1v) is 3.87. The second-order valence-electron chi connectivity index (χ2n) is 2.93. The topological polar surface area (TPSA) is 24.4 Å². The molecule has 0 atom stereocenters. The third-order valence-electron chi connectivity index (χ3n) is 1.12. The molecule has 0 fully saturated rings. The van der Waals surface area contributed by atoms with Crippen molar-refractivity contribution in [2.45, 2.75) is 20.0 Å². The lowest BCUT2D eigenvalue weighted by molar-refractivity contribution is -0.0614. The highest BCUT2D eigenvalue weighted by Crippen LogP contribution is 2.16. The minimum absolute atomic E-state index is 0.101. The molecule has 0 aromatic heterocycles. The van der Waals surface area contributed by atoms with E-state index in [2.05, 4.69) is 11.6 Å². The Morgan fingerprint density at radius 2 is 2.08 bits per heavy atom. The average Bonchev–Trinajstić information content (AvgIpc) is 1.95. The number of aliphatic imine (C=N–C) groups is 1. The Kier molecular flexibility index (Phi) is 4.51. The molecule has 76 valence electrons. The summed E-state index contributed by atoms with van der Waals surface area (Å²) in [6, 6.07) is 0. The van der Waals surface area contributed by atoms with Crippen LogP contribution in [0.15, 0.2) is 17.8 Å². The van der Waals surface area contributed by atoms with Crippen LogP contribution in [-0.4, -0.2) is 18.6 Å². The van der Waals surface area contributed by atoms with Crippen LogP contribution in [0.25, 0.3) is 0 Å². The first kappa shape index (κ1) is 12.0. The maximum Gasteiger partial charge on any atom is 0.449 e. The lowest BCUT2D eigenvalue weighted by atomic mass is 10.2. The van der Waals surface area contributed by atoms with E-state index in [4.69, 9.17) is 0 Å². The summed E-state index contributed by atoms with van der Waals surface area (Å²) in [5.74, 6) is -0.889. The second-order valence-corrected chi connectivity index (χ2v) is 2.93. The third kappa shape index (κ3) is 5.27. The van der Waals surface area contributed by atoms with Gasteiger partial charge in [-0.15, -0.1) is 0 Å². The summed E-state index contributed by atoms with van der Waals surface area (Å²) in [6.45, 7) is 6.89. The van der Waals surface area contributed by atoms with Crippen molar-refractivity contribution in [1.29, 1.82) is 0 Å². The molecule has 0 aromatic carbocycles.